The van der Waals surface area contributed by atoms with Gasteiger partial charge in [-0.05, 0) is 156 Å². The monoisotopic (exact) mass is 1020 g/mol. The van der Waals surface area contributed by atoms with Gasteiger partial charge in [0.15, 0.2) is 0 Å². The van der Waals surface area contributed by atoms with E-state index in [1.165, 1.54) is 111 Å². The van der Waals surface area contributed by atoms with Crippen molar-refractivity contribution < 1.29 is 95.3 Å². The second-order valence-corrected chi connectivity index (χ2v) is 15.8. The van der Waals surface area contributed by atoms with Gasteiger partial charge in [-0.15, -0.1) is 0 Å². The number of carbonyl (C=O) groups is 10. The first kappa shape index (κ1) is 57.6. The number of benzene rings is 4. The molecule has 0 amide bonds. The van der Waals surface area contributed by atoms with Crippen LogP contribution in [0.25, 0.3) is 0 Å². The summed E-state index contributed by atoms with van der Waals surface area (Å²) in [7, 11) is 0. The van der Waals surface area contributed by atoms with Crippen molar-refractivity contribution in [2.75, 3.05) is 46.8 Å². The highest BCUT2D eigenvalue weighted by molar-refractivity contribution is 5.96. The first-order valence-corrected chi connectivity index (χ1v) is 23.0. The summed E-state index contributed by atoms with van der Waals surface area (Å²) < 4.78 is 50.4. The van der Waals surface area contributed by atoms with E-state index < -0.39 is 80.1 Å². The van der Waals surface area contributed by atoms with Crippen molar-refractivity contribution >= 4 is 59.7 Å². The smallest absolute Gasteiger partial charge is 0.340 e. The second-order valence-electron chi connectivity index (χ2n) is 15.8. The Labute approximate surface area is 425 Å². The summed E-state index contributed by atoms with van der Waals surface area (Å²) in [5, 5.41) is 0. The minimum absolute atomic E-state index is 0.0835. The van der Waals surface area contributed by atoms with Crippen LogP contribution >= 0.6 is 0 Å². The molecule has 4 aromatic carbocycles. The third-order valence-electron chi connectivity index (χ3n) is 10.0. The SMILES string of the molecule is C=C(C)C(=O)OCOC(=O)c1ccc(C(=O)OCCCCCCOC(=O)c2ccc(C(=O)OCOC(=O)c3ccc(C(=O)OCCCCCOC(=O)c4ccc(C(=O)OCOC(=O)C(=C)C)cc4)cc3)cc2)cc1. The maximum atomic E-state index is 12.5. The minimum Gasteiger partial charge on any atom is -0.462 e. The van der Waals surface area contributed by atoms with Crippen LogP contribution in [0.1, 0.15) is 142 Å². The molecule has 0 aromatic heterocycles. The molecule has 0 radical (unpaired) electrons. The molecule has 0 aliphatic rings. The summed E-state index contributed by atoms with van der Waals surface area (Å²) in [6, 6.07) is 22.1. The van der Waals surface area contributed by atoms with E-state index in [1.807, 2.05) is 0 Å². The van der Waals surface area contributed by atoms with Gasteiger partial charge in [0, 0.05) is 11.1 Å². The van der Waals surface area contributed by atoms with E-state index in [1.54, 1.807) is 0 Å². The van der Waals surface area contributed by atoms with Gasteiger partial charge >= 0.3 is 59.7 Å². The predicted octanol–water partition coefficient (Wildman–Crippen LogP) is 7.88. The fourth-order valence-electron chi connectivity index (χ4n) is 5.89. The molecule has 0 fully saturated rings. The Morgan fingerprint density at radius 1 is 0.270 bits per heavy atom. The Morgan fingerprint density at radius 3 is 0.622 bits per heavy atom. The summed E-state index contributed by atoms with van der Waals surface area (Å²) >= 11 is 0. The number of carbonyl (C=O) groups excluding carboxylic acids is 10. The summed E-state index contributed by atoms with van der Waals surface area (Å²) in [6.45, 7) is 8.40. The topological polar surface area (TPSA) is 263 Å². The molecule has 0 heterocycles. The molecule has 74 heavy (non-hydrogen) atoms. The normalized spacial score (nSPS) is 10.4. The molecular formula is C54H54O20. The molecule has 20 nitrogen and oxygen atoms in total. The molecule has 4 aromatic rings. The Bertz CT molecular complexity index is 2630. The number of ether oxygens (including phenoxy) is 10. The van der Waals surface area contributed by atoms with E-state index in [0.29, 0.717) is 44.9 Å². The highest BCUT2D eigenvalue weighted by Crippen LogP contribution is 2.14. The Morgan fingerprint density at radius 2 is 0.432 bits per heavy atom. The quantitative estimate of drug-likeness (QED) is 0.0164. The van der Waals surface area contributed by atoms with Crippen LogP contribution in [0, 0.1) is 0 Å². The highest BCUT2D eigenvalue weighted by Gasteiger charge is 2.17. The van der Waals surface area contributed by atoms with E-state index in [9.17, 15) is 47.9 Å². The van der Waals surface area contributed by atoms with Crippen LogP contribution in [-0.2, 0) is 57.0 Å². The fourth-order valence-corrected chi connectivity index (χ4v) is 5.89. The van der Waals surface area contributed by atoms with Crippen molar-refractivity contribution in [3.8, 4) is 0 Å². The lowest BCUT2D eigenvalue weighted by molar-refractivity contribution is -0.148. The van der Waals surface area contributed by atoms with Gasteiger partial charge in [0.25, 0.3) is 0 Å². The largest absolute Gasteiger partial charge is 0.462 e. The Kier molecular flexibility index (Phi) is 23.9. The molecule has 0 saturated carbocycles. The van der Waals surface area contributed by atoms with E-state index in [2.05, 4.69) is 13.2 Å². The van der Waals surface area contributed by atoms with E-state index in [4.69, 9.17) is 47.4 Å². The molecular weight excluding hydrogens is 969 g/mol. The van der Waals surface area contributed by atoms with E-state index >= 15 is 0 Å². The maximum Gasteiger partial charge on any atom is 0.340 e. The molecule has 0 saturated heterocycles. The average molecular weight is 1020 g/mol. The van der Waals surface area contributed by atoms with E-state index in [-0.39, 0.29) is 82.1 Å². The van der Waals surface area contributed by atoms with Crippen LogP contribution in [0.4, 0.5) is 0 Å². The van der Waals surface area contributed by atoms with Crippen LogP contribution < -0.4 is 0 Å². The van der Waals surface area contributed by atoms with E-state index in [0.717, 1.165) is 0 Å². The van der Waals surface area contributed by atoms with Crippen LogP contribution in [-0.4, -0.2) is 106 Å². The van der Waals surface area contributed by atoms with Crippen LogP contribution in [0.3, 0.4) is 0 Å². The summed E-state index contributed by atoms with van der Waals surface area (Å²) in [6.07, 6.45) is 4.08. The van der Waals surface area contributed by atoms with Gasteiger partial charge in [0.1, 0.15) is 0 Å². The molecule has 390 valence electrons. The zero-order valence-corrected chi connectivity index (χ0v) is 40.7. The Balaban J connectivity index is 1.01. The number of hydrogen-bond acceptors (Lipinski definition) is 20. The van der Waals surface area contributed by atoms with Crippen LogP contribution in [0.2, 0.25) is 0 Å². The van der Waals surface area contributed by atoms with Crippen molar-refractivity contribution in [3.63, 3.8) is 0 Å². The Hall–Kier alpha value is -8.94. The zero-order chi connectivity index (χ0) is 53.8. The number of rotatable bonds is 29. The lowest BCUT2D eigenvalue weighted by atomic mass is 10.1. The number of hydrogen-bond donors (Lipinski definition) is 0. The first-order valence-electron chi connectivity index (χ1n) is 23.0. The summed E-state index contributed by atoms with van der Waals surface area (Å²) in [5.41, 5.74) is 1.62. The van der Waals surface area contributed by atoms with Gasteiger partial charge in [0.2, 0.25) is 20.4 Å². The van der Waals surface area contributed by atoms with Gasteiger partial charge in [0.05, 0.1) is 70.9 Å². The minimum atomic E-state index is -0.817. The fraction of sp³-hybridized carbons (Fsp3) is 0.296. The molecule has 0 spiro atoms. The van der Waals surface area contributed by atoms with Gasteiger partial charge < -0.3 is 47.4 Å². The van der Waals surface area contributed by atoms with Gasteiger partial charge in [-0.2, -0.15) is 0 Å². The standard InChI is InChI=1S/C54H54O20/c1-35(2)45(55)69-32-71-51(61)41-20-12-37(13-21-41)47(57)65-28-8-5-6-9-29-66-48(58)38-16-24-43(25-17-38)53(63)73-34-74-54(64)44-26-18-40(19-27-44)50(60)68-31-11-7-10-30-67-49(59)39-14-22-42(23-15-39)52(62)72-33-70-46(56)36(3)4/h12-27H,1,3,5-11,28-34H2,2,4H3. The molecule has 4 rings (SSSR count). The third-order valence-corrected chi connectivity index (χ3v) is 10.0. The van der Waals surface area contributed by atoms with Gasteiger partial charge in [-0.1, -0.05) is 13.2 Å². The number of esters is 10. The predicted molar refractivity (Wildman–Crippen MR) is 257 cm³/mol. The lowest BCUT2D eigenvalue weighted by Crippen LogP contribution is -2.14. The summed E-state index contributed by atoms with van der Waals surface area (Å²) in [4.78, 5) is 122. The molecule has 20 heteroatoms. The van der Waals surface area contributed by atoms with Gasteiger partial charge in [-0.25, -0.2) is 47.9 Å². The molecule has 0 unspecified atom stereocenters. The third kappa shape index (κ3) is 20.1. The van der Waals surface area contributed by atoms with Crippen molar-refractivity contribution in [3.05, 3.63) is 166 Å². The summed E-state index contributed by atoms with van der Waals surface area (Å²) in [5.74, 6) is -6.89. The maximum absolute atomic E-state index is 12.5. The number of unbranched alkanes of at least 4 members (excludes halogenated alkanes) is 5. The van der Waals surface area contributed by atoms with Gasteiger partial charge in [-0.3, -0.25) is 0 Å². The van der Waals surface area contributed by atoms with Crippen molar-refractivity contribution in [1.82, 2.24) is 0 Å². The zero-order valence-electron chi connectivity index (χ0n) is 40.7. The van der Waals surface area contributed by atoms with Crippen LogP contribution in [0.15, 0.2) is 121 Å². The molecule has 0 atom stereocenters. The second kappa shape index (κ2) is 30.7. The van der Waals surface area contributed by atoms with Crippen molar-refractivity contribution in [2.24, 2.45) is 0 Å². The highest BCUT2D eigenvalue weighted by atomic mass is 16.7. The average Bonchev–Trinajstić information content (AvgIpc) is 3.40. The molecule has 0 aliphatic heterocycles. The van der Waals surface area contributed by atoms with Crippen molar-refractivity contribution in [1.29, 1.82) is 0 Å². The van der Waals surface area contributed by atoms with Crippen molar-refractivity contribution in [2.45, 2.75) is 58.8 Å². The molecule has 0 bridgehead atoms. The lowest BCUT2D eigenvalue weighted by Gasteiger charge is -2.09. The van der Waals surface area contributed by atoms with Crippen LogP contribution in [0.5, 0.6) is 0 Å². The first-order chi connectivity index (χ1) is 35.5. The molecule has 0 aliphatic carbocycles. The molecule has 0 N–H and O–H groups in total.